The van der Waals surface area contributed by atoms with Crippen LogP contribution in [-0.2, 0) is 5.41 Å². The van der Waals surface area contributed by atoms with E-state index in [4.69, 9.17) is 11.5 Å². The Balaban J connectivity index is 1.85. The summed E-state index contributed by atoms with van der Waals surface area (Å²) in [6.45, 7) is 6.78. The Labute approximate surface area is 122 Å². The van der Waals surface area contributed by atoms with Crippen LogP contribution in [0.3, 0.4) is 0 Å². The second-order valence-corrected chi connectivity index (χ2v) is 7.95. The lowest BCUT2D eigenvalue weighted by Crippen LogP contribution is -2.28. The molecule has 2 heteroatoms. The van der Waals surface area contributed by atoms with Gasteiger partial charge in [0.05, 0.1) is 0 Å². The number of nitrogens with two attached hydrogens (primary N) is 2. The Morgan fingerprint density at radius 3 is 2.20 bits per heavy atom. The second-order valence-electron chi connectivity index (χ2n) is 7.95. The van der Waals surface area contributed by atoms with E-state index in [9.17, 15) is 0 Å². The fourth-order valence-electron chi connectivity index (χ4n) is 4.43. The Bertz CT molecular complexity index is 471. The van der Waals surface area contributed by atoms with Crippen LogP contribution >= 0.6 is 0 Å². The van der Waals surface area contributed by atoms with Crippen LogP contribution in [0.2, 0.25) is 0 Å². The molecule has 0 saturated heterocycles. The van der Waals surface area contributed by atoms with Crippen molar-refractivity contribution in [3.8, 4) is 0 Å². The minimum Gasteiger partial charge on any atom is -0.328 e. The summed E-state index contributed by atoms with van der Waals surface area (Å²) in [5.41, 5.74) is 15.6. The van der Waals surface area contributed by atoms with Crippen LogP contribution < -0.4 is 11.5 Å². The molecule has 2 aliphatic carbocycles. The van der Waals surface area contributed by atoms with Gasteiger partial charge in [-0.25, -0.2) is 0 Å². The lowest BCUT2D eigenvalue weighted by Gasteiger charge is -2.25. The molecule has 0 aliphatic heterocycles. The highest BCUT2D eigenvalue weighted by atomic mass is 14.8. The van der Waals surface area contributed by atoms with Crippen molar-refractivity contribution in [3.05, 3.63) is 35.4 Å². The van der Waals surface area contributed by atoms with Gasteiger partial charge in [-0.05, 0) is 47.6 Å². The van der Waals surface area contributed by atoms with Gasteiger partial charge in [-0.2, -0.15) is 0 Å². The third-order valence-electron chi connectivity index (χ3n) is 5.44. The summed E-state index contributed by atoms with van der Waals surface area (Å²) < 4.78 is 0. The molecule has 2 nitrogen and oxygen atoms in total. The molecular formula is C18H28N2. The lowest BCUT2D eigenvalue weighted by molar-refractivity contribution is 0.416. The molecule has 0 radical (unpaired) electrons. The highest BCUT2D eigenvalue weighted by Gasteiger charge is 2.46. The van der Waals surface area contributed by atoms with E-state index in [1.54, 1.807) is 0 Å². The fourth-order valence-corrected chi connectivity index (χ4v) is 4.43. The quantitative estimate of drug-likeness (QED) is 0.825. The van der Waals surface area contributed by atoms with Crippen molar-refractivity contribution in [2.45, 2.75) is 63.5 Å². The molecule has 0 aromatic heterocycles. The number of rotatable bonds is 1. The Morgan fingerprint density at radius 1 is 0.950 bits per heavy atom. The minimum atomic E-state index is 0.217. The van der Waals surface area contributed by atoms with Crippen molar-refractivity contribution in [2.75, 3.05) is 0 Å². The maximum atomic E-state index is 6.43. The van der Waals surface area contributed by atoms with Crippen LogP contribution in [0, 0.1) is 11.8 Å². The number of fused-ring (bicyclic) bond motifs is 1. The highest BCUT2D eigenvalue weighted by Crippen LogP contribution is 2.51. The zero-order valence-electron chi connectivity index (χ0n) is 13.0. The number of benzene rings is 1. The van der Waals surface area contributed by atoms with E-state index in [0.29, 0.717) is 23.9 Å². The van der Waals surface area contributed by atoms with Gasteiger partial charge in [0, 0.05) is 18.0 Å². The van der Waals surface area contributed by atoms with Crippen molar-refractivity contribution >= 4 is 0 Å². The third kappa shape index (κ3) is 2.40. The van der Waals surface area contributed by atoms with Crippen LogP contribution in [0.25, 0.3) is 0 Å². The van der Waals surface area contributed by atoms with Gasteiger partial charge in [0.1, 0.15) is 0 Å². The fraction of sp³-hybridized carbons (Fsp3) is 0.667. The molecule has 1 aromatic rings. The Hall–Kier alpha value is -0.860. The summed E-state index contributed by atoms with van der Waals surface area (Å²) in [6.07, 6.45) is 3.49. The van der Waals surface area contributed by atoms with Gasteiger partial charge in [0.15, 0.2) is 0 Å². The van der Waals surface area contributed by atoms with E-state index in [0.717, 1.165) is 18.8 Å². The monoisotopic (exact) mass is 272 g/mol. The van der Waals surface area contributed by atoms with Crippen LogP contribution in [0.1, 0.15) is 57.1 Å². The summed E-state index contributed by atoms with van der Waals surface area (Å²) in [5, 5.41) is 0. The molecule has 3 rings (SSSR count). The van der Waals surface area contributed by atoms with Crippen LogP contribution in [0.15, 0.2) is 24.3 Å². The third-order valence-corrected chi connectivity index (χ3v) is 5.44. The summed E-state index contributed by atoms with van der Waals surface area (Å²) >= 11 is 0. The first-order chi connectivity index (χ1) is 9.36. The van der Waals surface area contributed by atoms with Crippen molar-refractivity contribution in [3.63, 3.8) is 0 Å². The topological polar surface area (TPSA) is 52.0 Å². The smallest absolute Gasteiger partial charge is 0.0113 e. The lowest BCUT2D eigenvalue weighted by atomic mass is 9.82. The zero-order chi connectivity index (χ0) is 14.5. The molecule has 0 spiro atoms. The van der Waals surface area contributed by atoms with Gasteiger partial charge in [-0.3, -0.25) is 0 Å². The normalized spacial score (nSPS) is 37.1. The van der Waals surface area contributed by atoms with E-state index in [1.165, 1.54) is 17.5 Å². The Kier molecular flexibility index (Phi) is 3.42. The molecule has 5 unspecified atom stereocenters. The first-order valence-electron chi connectivity index (χ1n) is 7.98. The molecule has 2 aliphatic rings. The first-order valence-corrected chi connectivity index (χ1v) is 7.98. The molecule has 0 amide bonds. The standard InChI is InChI=1S/C18H28N2/c1-18(2,3)13-6-4-11(5-7-13)17-15-10-14(19)8-12(15)9-16(17)20/h4-7,12,14-17H,8-10,19-20H2,1-3H3. The van der Waals surface area contributed by atoms with E-state index < -0.39 is 0 Å². The first kappa shape index (κ1) is 14.1. The van der Waals surface area contributed by atoms with Gasteiger partial charge in [0.2, 0.25) is 0 Å². The van der Waals surface area contributed by atoms with Crippen LogP contribution in [-0.4, -0.2) is 12.1 Å². The molecular weight excluding hydrogens is 244 g/mol. The van der Waals surface area contributed by atoms with Crippen molar-refractivity contribution in [2.24, 2.45) is 23.3 Å². The van der Waals surface area contributed by atoms with Crippen molar-refractivity contribution in [1.82, 2.24) is 0 Å². The van der Waals surface area contributed by atoms with Crippen LogP contribution in [0.4, 0.5) is 0 Å². The predicted octanol–water partition coefficient (Wildman–Crippen LogP) is 3.15. The Morgan fingerprint density at radius 2 is 1.60 bits per heavy atom. The molecule has 5 atom stereocenters. The largest absolute Gasteiger partial charge is 0.328 e. The van der Waals surface area contributed by atoms with Gasteiger partial charge in [0.25, 0.3) is 0 Å². The maximum absolute atomic E-state index is 6.43. The maximum Gasteiger partial charge on any atom is 0.0113 e. The highest BCUT2D eigenvalue weighted by molar-refractivity contribution is 5.32. The SMILES string of the molecule is CC(C)(C)c1ccc(C2C(N)CC3CC(N)CC32)cc1. The van der Waals surface area contributed by atoms with E-state index in [-0.39, 0.29) is 5.41 Å². The molecule has 0 bridgehead atoms. The summed E-state index contributed by atoms with van der Waals surface area (Å²) in [4.78, 5) is 0. The van der Waals surface area contributed by atoms with Gasteiger partial charge < -0.3 is 11.5 Å². The zero-order valence-corrected chi connectivity index (χ0v) is 13.0. The predicted molar refractivity (Wildman–Crippen MR) is 84.7 cm³/mol. The number of hydrogen-bond donors (Lipinski definition) is 2. The van der Waals surface area contributed by atoms with E-state index >= 15 is 0 Å². The molecule has 2 fully saturated rings. The van der Waals surface area contributed by atoms with Gasteiger partial charge in [-0.15, -0.1) is 0 Å². The second kappa shape index (κ2) is 4.85. The molecule has 0 heterocycles. The summed E-state index contributed by atoms with van der Waals surface area (Å²) in [7, 11) is 0. The minimum absolute atomic E-state index is 0.217. The molecule has 110 valence electrons. The summed E-state index contributed by atoms with van der Waals surface area (Å²) in [5.74, 6) is 1.98. The average molecular weight is 272 g/mol. The average Bonchev–Trinajstić information content (AvgIpc) is 2.82. The molecule has 2 saturated carbocycles. The molecule has 20 heavy (non-hydrogen) atoms. The van der Waals surface area contributed by atoms with Gasteiger partial charge in [-0.1, -0.05) is 45.0 Å². The van der Waals surface area contributed by atoms with Crippen molar-refractivity contribution < 1.29 is 0 Å². The van der Waals surface area contributed by atoms with E-state index in [1.807, 2.05) is 0 Å². The van der Waals surface area contributed by atoms with E-state index in [2.05, 4.69) is 45.0 Å². The molecule has 1 aromatic carbocycles. The van der Waals surface area contributed by atoms with Crippen LogP contribution in [0.5, 0.6) is 0 Å². The molecule has 4 N–H and O–H groups in total. The van der Waals surface area contributed by atoms with Gasteiger partial charge >= 0.3 is 0 Å². The van der Waals surface area contributed by atoms with Crippen molar-refractivity contribution in [1.29, 1.82) is 0 Å². The number of hydrogen-bond acceptors (Lipinski definition) is 2. The summed E-state index contributed by atoms with van der Waals surface area (Å²) in [6, 6.07) is 9.88.